The Morgan fingerprint density at radius 3 is 2.40 bits per heavy atom. The summed E-state index contributed by atoms with van der Waals surface area (Å²) in [6.07, 6.45) is 8.66. The molecule has 1 aliphatic heterocycles. The Bertz CT molecular complexity index is 152. The molecule has 0 fully saturated rings. The highest BCUT2D eigenvalue weighted by molar-refractivity contribution is 5.72. The minimum atomic E-state index is 0.384. The fourth-order valence-corrected chi connectivity index (χ4v) is 1.30. The lowest BCUT2D eigenvalue weighted by Crippen LogP contribution is -2.21. The van der Waals surface area contributed by atoms with Crippen LogP contribution in [0.3, 0.4) is 0 Å². The predicted molar refractivity (Wildman–Crippen MR) is 45.5 cm³/mol. The van der Waals surface area contributed by atoms with Crippen LogP contribution in [0.1, 0.15) is 26.7 Å². The van der Waals surface area contributed by atoms with Crippen molar-refractivity contribution < 1.29 is 0 Å². The fourth-order valence-electron chi connectivity index (χ4n) is 1.30. The number of aliphatic imine (C=N–C) groups is 1. The molecule has 0 unspecified atom stereocenters. The van der Waals surface area contributed by atoms with E-state index in [1.807, 2.05) is 6.21 Å². The van der Waals surface area contributed by atoms with E-state index in [-0.39, 0.29) is 0 Å². The van der Waals surface area contributed by atoms with Gasteiger partial charge in [0.15, 0.2) is 0 Å². The topological polar surface area (TPSA) is 12.4 Å². The molecule has 0 N–H and O–H groups in total. The molecule has 1 rings (SSSR count). The van der Waals surface area contributed by atoms with Crippen LogP contribution < -0.4 is 0 Å². The number of nitrogens with zero attached hydrogens (tertiary/aromatic N) is 1. The zero-order valence-electron chi connectivity index (χ0n) is 6.80. The molecule has 0 saturated heterocycles. The Morgan fingerprint density at radius 1 is 1.40 bits per heavy atom. The van der Waals surface area contributed by atoms with Gasteiger partial charge in [0.2, 0.25) is 0 Å². The van der Waals surface area contributed by atoms with Crippen molar-refractivity contribution in [1.29, 1.82) is 0 Å². The Labute approximate surface area is 62.9 Å². The summed E-state index contributed by atoms with van der Waals surface area (Å²) in [6, 6.07) is 0. The third-order valence-corrected chi connectivity index (χ3v) is 2.46. The first-order valence-corrected chi connectivity index (χ1v) is 4.00. The molecule has 1 heterocycles. The predicted octanol–water partition coefficient (Wildman–Crippen LogP) is 2.43. The van der Waals surface area contributed by atoms with Crippen LogP contribution in [-0.2, 0) is 0 Å². The summed E-state index contributed by atoms with van der Waals surface area (Å²) >= 11 is 0. The van der Waals surface area contributed by atoms with Crippen LogP contribution in [0.25, 0.3) is 0 Å². The molecule has 0 aliphatic carbocycles. The van der Waals surface area contributed by atoms with E-state index in [4.69, 9.17) is 0 Å². The van der Waals surface area contributed by atoms with Crippen LogP contribution in [0, 0.1) is 5.41 Å². The average molecular weight is 137 g/mol. The van der Waals surface area contributed by atoms with E-state index in [1.165, 1.54) is 12.8 Å². The summed E-state index contributed by atoms with van der Waals surface area (Å²) in [7, 11) is 0. The average Bonchev–Trinajstić information content (AvgIpc) is 2.06. The lowest BCUT2D eigenvalue weighted by molar-refractivity contribution is 0.364. The van der Waals surface area contributed by atoms with E-state index in [0.29, 0.717) is 5.41 Å². The molecule has 0 saturated carbocycles. The van der Waals surface area contributed by atoms with Gasteiger partial charge in [0, 0.05) is 18.2 Å². The molecule has 0 amide bonds. The number of rotatable bonds is 2. The molecular formula is C9H15N. The molecule has 1 nitrogen and oxygen atoms in total. The molecule has 1 heteroatoms. The van der Waals surface area contributed by atoms with Crippen molar-refractivity contribution in [3.8, 4) is 0 Å². The van der Waals surface area contributed by atoms with E-state index < -0.39 is 0 Å². The number of hydrogen-bond donors (Lipinski definition) is 0. The number of hydrogen-bond acceptors (Lipinski definition) is 1. The van der Waals surface area contributed by atoms with Gasteiger partial charge in [-0.1, -0.05) is 19.9 Å². The number of allylic oxidation sites excluding steroid dienone is 1. The quantitative estimate of drug-likeness (QED) is 0.554. The van der Waals surface area contributed by atoms with E-state index in [2.05, 4.69) is 31.0 Å². The molecular weight excluding hydrogens is 122 g/mol. The van der Waals surface area contributed by atoms with Gasteiger partial charge in [-0.2, -0.15) is 0 Å². The van der Waals surface area contributed by atoms with Crippen LogP contribution in [0.2, 0.25) is 0 Å². The van der Waals surface area contributed by atoms with Crippen LogP contribution in [0.4, 0.5) is 0 Å². The SMILES string of the molecule is CCC1(CC)C=CC=NC1. The normalized spacial score (nSPS) is 21.4. The van der Waals surface area contributed by atoms with E-state index >= 15 is 0 Å². The molecule has 56 valence electrons. The minimum absolute atomic E-state index is 0.384. The molecule has 10 heavy (non-hydrogen) atoms. The zero-order valence-corrected chi connectivity index (χ0v) is 6.80. The summed E-state index contributed by atoms with van der Waals surface area (Å²) in [5.74, 6) is 0. The molecule has 0 atom stereocenters. The Hall–Kier alpha value is -0.590. The molecule has 0 aromatic carbocycles. The number of dihydropyridines is 1. The summed E-state index contributed by atoms with van der Waals surface area (Å²) in [4.78, 5) is 4.26. The van der Waals surface area contributed by atoms with E-state index in [1.54, 1.807) is 0 Å². The highest BCUT2D eigenvalue weighted by Crippen LogP contribution is 2.29. The van der Waals surface area contributed by atoms with Gasteiger partial charge in [-0.3, -0.25) is 4.99 Å². The second kappa shape index (κ2) is 3.00. The Morgan fingerprint density at radius 2 is 2.10 bits per heavy atom. The van der Waals surface area contributed by atoms with Gasteiger partial charge in [0.25, 0.3) is 0 Å². The van der Waals surface area contributed by atoms with Crippen molar-refractivity contribution in [3.05, 3.63) is 12.2 Å². The molecule has 0 spiro atoms. The summed E-state index contributed by atoms with van der Waals surface area (Å²) in [5, 5.41) is 0. The maximum atomic E-state index is 4.26. The highest BCUT2D eigenvalue weighted by atomic mass is 14.7. The maximum absolute atomic E-state index is 4.26. The van der Waals surface area contributed by atoms with Crippen molar-refractivity contribution in [2.45, 2.75) is 26.7 Å². The summed E-state index contributed by atoms with van der Waals surface area (Å²) in [6.45, 7) is 5.44. The first-order chi connectivity index (χ1) is 4.83. The first kappa shape index (κ1) is 7.52. The highest BCUT2D eigenvalue weighted by Gasteiger charge is 2.22. The third kappa shape index (κ3) is 1.28. The van der Waals surface area contributed by atoms with Gasteiger partial charge in [0.05, 0.1) is 0 Å². The zero-order chi connectivity index (χ0) is 7.45. The van der Waals surface area contributed by atoms with Crippen molar-refractivity contribution in [2.24, 2.45) is 10.4 Å². The molecule has 0 aromatic rings. The molecule has 1 aliphatic rings. The van der Waals surface area contributed by atoms with E-state index in [9.17, 15) is 0 Å². The molecule has 0 radical (unpaired) electrons. The lowest BCUT2D eigenvalue weighted by Gasteiger charge is -2.27. The Balaban J connectivity index is 2.66. The van der Waals surface area contributed by atoms with Gasteiger partial charge >= 0.3 is 0 Å². The monoisotopic (exact) mass is 137 g/mol. The van der Waals surface area contributed by atoms with Crippen LogP contribution in [0.15, 0.2) is 17.1 Å². The summed E-state index contributed by atoms with van der Waals surface area (Å²) in [5.41, 5.74) is 0.384. The maximum Gasteiger partial charge on any atom is 0.0480 e. The summed E-state index contributed by atoms with van der Waals surface area (Å²) < 4.78 is 0. The Kier molecular flexibility index (Phi) is 2.25. The molecule has 0 aromatic heterocycles. The van der Waals surface area contributed by atoms with Crippen LogP contribution in [0.5, 0.6) is 0 Å². The van der Waals surface area contributed by atoms with Crippen molar-refractivity contribution in [2.75, 3.05) is 6.54 Å². The fraction of sp³-hybridized carbons (Fsp3) is 0.667. The minimum Gasteiger partial charge on any atom is -0.292 e. The van der Waals surface area contributed by atoms with Gasteiger partial charge < -0.3 is 0 Å². The van der Waals surface area contributed by atoms with Crippen molar-refractivity contribution in [3.63, 3.8) is 0 Å². The van der Waals surface area contributed by atoms with Gasteiger partial charge in [0.1, 0.15) is 0 Å². The van der Waals surface area contributed by atoms with Gasteiger partial charge in [-0.15, -0.1) is 0 Å². The van der Waals surface area contributed by atoms with Crippen molar-refractivity contribution in [1.82, 2.24) is 0 Å². The second-order valence-electron chi connectivity index (χ2n) is 2.92. The van der Waals surface area contributed by atoms with Gasteiger partial charge in [-0.05, 0) is 18.9 Å². The van der Waals surface area contributed by atoms with Crippen LogP contribution >= 0.6 is 0 Å². The standard InChI is InChI=1S/C9H15N/c1-3-9(4-2)6-5-7-10-8-9/h5-7H,3-4,8H2,1-2H3. The van der Waals surface area contributed by atoms with Crippen LogP contribution in [-0.4, -0.2) is 12.8 Å². The van der Waals surface area contributed by atoms with Gasteiger partial charge in [-0.25, -0.2) is 0 Å². The first-order valence-electron chi connectivity index (χ1n) is 4.00. The van der Waals surface area contributed by atoms with Crippen molar-refractivity contribution >= 4 is 6.21 Å². The lowest BCUT2D eigenvalue weighted by atomic mass is 9.81. The smallest absolute Gasteiger partial charge is 0.0480 e. The third-order valence-electron chi connectivity index (χ3n) is 2.46. The molecule has 0 bridgehead atoms. The second-order valence-corrected chi connectivity index (χ2v) is 2.92. The van der Waals surface area contributed by atoms with E-state index in [0.717, 1.165) is 6.54 Å². The largest absolute Gasteiger partial charge is 0.292 e.